The van der Waals surface area contributed by atoms with Crippen molar-refractivity contribution in [3.63, 3.8) is 0 Å². The van der Waals surface area contributed by atoms with E-state index in [1.165, 1.54) is 6.07 Å². The second kappa shape index (κ2) is 7.31. The highest BCUT2D eigenvalue weighted by atomic mass is 35.5. The number of thioether (sulfide) groups is 1. The fourth-order valence-corrected chi connectivity index (χ4v) is 4.78. The van der Waals surface area contributed by atoms with E-state index < -0.39 is 45.3 Å². The molecular weight excluding hydrogens is 421 g/mol. The third-order valence-electron chi connectivity index (χ3n) is 4.58. The Bertz CT molecular complexity index is 822. The molecule has 11 heteroatoms. The van der Waals surface area contributed by atoms with Crippen LogP contribution in [0.1, 0.15) is 20.8 Å². The lowest BCUT2D eigenvalue weighted by atomic mass is 9.65. The maximum atomic E-state index is 12.3. The highest BCUT2D eigenvalue weighted by Gasteiger charge is 2.75. The normalized spacial score (nSPS) is 33.4. The fourth-order valence-electron chi connectivity index (χ4n) is 2.95. The minimum atomic E-state index is -3.13. The molecule has 1 aliphatic heterocycles. The van der Waals surface area contributed by atoms with Crippen LogP contribution in [0.15, 0.2) is 12.3 Å². The molecule has 0 unspecified atom stereocenters. The first-order valence-corrected chi connectivity index (χ1v) is 9.42. The van der Waals surface area contributed by atoms with Crippen molar-refractivity contribution in [3.05, 3.63) is 22.4 Å². The van der Waals surface area contributed by atoms with Crippen molar-refractivity contribution in [2.45, 2.75) is 43.0 Å². The van der Waals surface area contributed by atoms with Crippen molar-refractivity contribution in [1.29, 1.82) is 0 Å². The number of hydrogen-bond donors (Lipinski definition) is 3. The molecule has 27 heavy (non-hydrogen) atoms. The quantitative estimate of drug-likeness (QED) is 0.571. The number of ether oxygens (including phenoxy) is 1. The molecule has 0 aromatic carbocycles. The molecule has 1 aromatic heterocycles. The molecule has 0 amide bonds. The maximum absolute atomic E-state index is 12.3. The van der Waals surface area contributed by atoms with E-state index in [9.17, 15) is 29.7 Å². The minimum absolute atomic E-state index is 0.00617. The van der Waals surface area contributed by atoms with E-state index in [1.54, 1.807) is 0 Å². The summed E-state index contributed by atoms with van der Waals surface area (Å²) >= 11 is 12.3. The Labute approximate surface area is 168 Å². The standard InChI is InChI=1S/C16H17Cl2NO7S/c1-7(20)14(23)6-27-13(26-10-4-11(17)12(18)19-5-10)15(24,8(2)21)16(14,25)9(3)22/h4-5,13,23-25H,6H2,1-3H3/t13-,14-,15-,16-/m0/s1. The Morgan fingerprint density at radius 1 is 1.15 bits per heavy atom. The first-order chi connectivity index (χ1) is 12.3. The summed E-state index contributed by atoms with van der Waals surface area (Å²) in [5.41, 5.74) is -10.3. The van der Waals surface area contributed by atoms with Gasteiger partial charge in [0.1, 0.15) is 10.9 Å². The lowest BCUT2D eigenvalue weighted by Crippen LogP contribution is -2.82. The zero-order valence-electron chi connectivity index (χ0n) is 14.5. The van der Waals surface area contributed by atoms with Gasteiger partial charge in [-0.25, -0.2) is 4.98 Å². The molecule has 3 N–H and O–H groups in total. The van der Waals surface area contributed by atoms with Crippen molar-refractivity contribution in [3.8, 4) is 5.75 Å². The van der Waals surface area contributed by atoms with Crippen molar-refractivity contribution >= 4 is 52.3 Å². The summed E-state index contributed by atoms with van der Waals surface area (Å²) < 4.78 is 5.54. The van der Waals surface area contributed by atoms with Crippen LogP contribution in [0.3, 0.4) is 0 Å². The van der Waals surface area contributed by atoms with E-state index in [2.05, 4.69) is 4.98 Å². The van der Waals surface area contributed by atoms with Crippen LogP contribution in [0, 0.1) is 0 Å². The molecule has 1 aromatic rings. The second-order valence-corrected chi connectivity index (χ2v) is 8.03. The number of pyridine rings is 1. The molecule has 1 aliphatic rings. The van der Waals surface area contributed by atoms with Gasteiger partial charge in [-0.1, -0.05) is 23.2 Å². The molecule has 1 fully saturated rings. The second-order valence-electron chi connectivity index (χ2n) is 6.21. The van der Waals surface area contributed by atoms with Gasteiger partial charge in [0.2, 0.25) is 5.60 Å². The van der Waals surface area contributed by atoms with Gasteiger partial charge in [-0.3, -0.25) is 14.4 Å². The van der Waals surface area contributed by atoms with E-state index in [0.717, 1.165) is 27.0 Å². The van der Waals surface area contributed by atoms with E-state index >= 15 is 0 Å². The molecule has 0 saturated carbocycles. The van der Waals surface area contributed by atoms with Crippen LogP contribution in [0.5, 0.6) is 5.75 Å². The molecular formula is C16H17Cl2NO7S. The van der Waals surface area contributed by atoms with E-state index in [4.69, 9.17) is 27.9 Å². The Hall–Kier alpha value is -1.23. The molecule has 0 radical (unpaired) electrons. The lowest BCUT2D eigenvalue weighted by Gasteiger charge is -2.54. The van der Waals surface area contributed by atoms with Gasteiger partial charge in [0, 0.05) is 11.8 Å². The largest absolute Gasteiger partial charge is 0.474 e. The number of carbonyl (C=O) groups is 3. The molecule has 0 aliphatic carbocycles. The highest BCUT2D eigenvalue weighted by Crippen LogP contribution is 2.49. The SMILES string of the molecule is CC(=O)[C@]1(O)[C@@](O)(C(C)=O)CS[C@H](Oc2cnc(Cl)c(Cl)c2)[C@@]1(O)C(C)=O. The topological polar surface area (TPSA) is 134 Å². The maximum Gasteiger partial charge on any atom is 0.208 e. The monoisotopic (exact) mass is 437 g/mol. The Kier molecular flexibility index (Phi) is 5.97. The van der Waals surface area contributed by atoms with E-state index in [1.807, 2.05) is 0 Å². The van der Waals surface area contributed by atoms with Crippen LogP contribution in [-0.4, -0.2) is 65.6 Å². The Balaban J connectivity index is 2.60. The zero-order valence-corrected chi connectivity index (χ0v) is 16.9. The summed E-state index contributed by atoms with van der Waals surface area (Å²) in [6.07, 6.45) is 1.16. The summed E-state index contributed by atoms with van der Waals surface area (Å²) in [5.74, 6) is -3.75. The molecule has 0 spiro atoms. The average molecular weight is 438 g/mol. The molecule has 8 nitrogen and oxygen atoms in total. The van der Waals surface area contributed by atoms with Gasteiger partial charge >= 0.3 is 0 Å². The van der Waals surface area contributed by atoms with Crippen LogP contribution in [0.2, 0.25) is 10.2 Å². The Morgan fingerprint density at radius 2 is 1.74 bits per heavy atom. The van der Waals surface area contributed by atoms with E-state index in [0.29, 0.717) is 11.8 Å². The molecule has 0 bridgehead atoms. The molecule has 2 heterocycles. The summed E-state index contributed by atoms with van der Waals surface area (Å²) in [4.78, 5) is 40.4. The molecule has 148 valence electrons. The van der Waals surface area contributed by atoms with Gasteiger partial charge in [-0.15, -0.1) is 11.8 Å². The van der Waals surface area contributed by atoms with Crippen LogP contribution in [0.25, 0.3) is 0 Å². The zero-order chi connectivity index (χ0) is 20.8. The van der Waals surface area contributed by atoms with Crippen LogP contribution >= 0.6 is 35.0 Å². The smallest absolute Gasteiger partial charge is 0.208 e. The number of ketones is 3. The van der Waals surface area contributed by atoms with E-state index in [-0.39, 0.29) is 15.9 Å². The summed E-state index contributed by atoms with van der Waals surface area (Å²) in [5, 5.41) is 32.9. The van der Waals surface area contributed by atoms with Crippen LogP contribution < -0.4 is 4.74 Å². The predicted octanol–water partition coefficient (Wildman–Crippen LogP) is 0.800. The predicted molar refractivity (Wildman–Crippen MR) is 98.0 cm³/mol. The Morgan fingerprint density at radius 3 is 2.19 bits per heavy atom. The van der Waals surface area contributed by atoms with Gasteiger partial charge in [0.15, 0.2) is 34.0 Å². The number of rotatable bonds is 5. The fraction of sp³-hybridized carbons (Fsp3) is 0.500. The number of Topliss-reactive ketones (excluding diaryl/α,β-unsaturated/α-hetero) is 3. The summed E-state index contributed by atoms with van der Waals surface area (Å²) in [6.45, 7) is 2.71. The van der Waals surface area contributed by atoms with Gasteiger partial charge in [0.25, 0.3) is 0 Å². The first-order valence-electron chi connectivity index (χ1n) is 7.62. The number of nitrogens with zero attached hydrogens (tertiary/aromatic N) is 1. The molecule has 2 rings (SSSR count). The van der Waals surface area contributed by atoms with Crippen LogP contribution in [-0.2, 0) is 14.4 Å². The minimum Gasteiger partial charge on any atom is -0.474 e. The van der Waals surface area contributed by atoms with Crippen molar-refractivity contribution in [1.82, 2.24) is 4.98 Å². The van der Waals surface area contributed by atoms with Crippen molar-refractivity contribution in [2.75, 3.05) is 5.75 Å². The first kappa shape index (κ1) is 22.1. The number of aromatic nitrogens is 1. The number of aliphatic hydroxyl groups is 3. The number of carbonyl (C=O) groups excluding carboxylic acids is 3. The lowest BCUT2D eigenvalue weighted by molar-refractivity contribution is -0.236. The van der Waals surface area contributed by atoms with Gasteiger partial charge in [-0.05, 0) is 20.8 Å². The average Bonchev–Trinajstić information content (AvgIpc) is 2.58. The summed E-state index contributed by atoms with van der Waals surface area (Å²) in [7, 11) is 0. The third-order valence-corrected chi connectivity index (χ3v) is 6.59. The van der Waals surface area contributed by atoms with Gasteiger partial charge < -0.3 is 20.1 Å². The third kappa shape index (κ3) is 3.16. The van der Waals surface area contributed by atoms with Crippen LogP contribution in [0.4, 0.5) is 0 Å². The summed E-state index contributed by atoms with van der Waals surface area (Å²) in [6, 6.07) is 1.26. The van der Waals surface area contributed by atoms with Gasteiger partial charge in [-0.2, -0.15) is 0 Å². The van der Waals surface area contributed by atoms with Crippen molar-refractivity contribution in [2.24, 2.45) is 0 Å². The highest BCUT2D eigenvalue weighted by molar-refractivity contribution is 8.00. The number of hydrogen-bond acceptors (Lipinski definition) is 9. The molecule has 1 saturated heterocycles. The van der Waals surface area contributed by atoms with Gasteiger partial charge in [0.05, 0.1) is 11.2 Å². The number of halogens is 2. The van der Waals surface area contributed by atoms with Crippen molar-refractivity contribution < 1.29 is 34.4 Å². The molecule has 4 atom stereocenters.